The normalized spacial score (nSPS) is 23.6. The number of urea groups is 1. The minimum atomic E-state index is -1.48. The van der Waals surface area contributed by atoms with Crippen LogP contribution in [0.25, 0.3) is 5.53 Å². The van der Waals surface area contributed by atoms with Crippen LogP contribution in [0.5, 0.6) is 0 Å². The van der Waals surface area contributed by atoms with E-state index in [9.17, 15) is 14.7 Å². The first-order chi connectivity index (χ1) is 6.00. The van der Waals surface area contributed by atoms with Crippen molar-refractivity contribution in [3.63, 3.8) is 0 Å². The number of nitrogens with zero attached hydrogens (tertiary/aromatic N) is 4. The molecule has 1 unspecified atom stereocenters. The lowest BCUT2D eigenvalue weighted by Gasteiger charge is -2.29. The average molecular weight is 184 g/mol. The summed E-state index contributed by atoms with van der Waals surface area (Å²) < 4.78 is 0. The van der Waals surface area contributed by atoms with Gasteiger partial charge in [-0.25, -0.2) is 4.79 Å². The van der Waals surface area contributed by atoms with Crippen LogP contribution in [0.3, 0.4) is 0 Å². The molecule has 0 aliphatic carbocycles. The highest BCUT2D eigenvalue weighted by molar-refractivity contribution is 6.41. The van der Waals surface area contributed by atoms with E-state index in [1.165, 1.54) is 14.1 Å². The minimum Gasteiger partial charge on any atom is -0.363 e. The molecule has 7 heteroatoms. The zero-order chi connectivity index (χ0) is 10.2. The monoisotopic (exact) mass is 184 g/mol. The Morgan fingerprint density at radius 2 is 2.00 bits per heavy atom. The lowest BCUT2D eigenvalue weighted by atomic mass is 10.2. The van der Waals surface area contributed by atoms with Gasteiger partial charge in [0.25, 0.3) is 0 Å². The van der Waals surface area contributed by atoms with Crippen molar-refractivity contribution in [2.24, 2.45) is 0 Å². The van der Waals surface area contributed by atoms with Crippen LogP contribution in [-0.2, 0) is 4.79 Å². The van der Waals surface area contributed by atoms with Crippen LogP contribution in [-0.4, -0.2) is 57.7 Å². The fraction of sp³-hybridized carbons (Fsp3) is 0.500. The van der Waals surface area contributed by atoms with E-state index in [2.05, 4.69) is 4.79 Å². The van der Waals surface area contributed by atoms with Crippen molar-refractivity contribution in [3.05, 3.63) is 5.53 Å². The lowest BCUT2D eigenvalue weighted by molar-refractivity contribution is -0.131. The van der Waals surface area contributed by atoms with Crippen molar-refractivity contribution in [3.8, 4) is 0 Å². The number of hydrogen-bond donors (Lipinski definition) is 1. The second kappa shape index (κ2) is 2.96. The Morgan fingerprint density at radius 3 is 2.46 bits per heavy atom. The Bertz CT molecular complexity index is 320. The fourth-order valence-corrected chi connectivity index (χ4v) is 0.988. The van der Waals surface area contributed by atoms with Gasteiger partial charge in [0.1, 0.15) is 0 Å². The Balaban J connectivity index is 3.14. The van der Waals surface area contributed by atoms with Gasteiger partial charge < -0.3 is 10.6 Å². The van der Waals surface area contributed by atoms with Crippen LogP contribution >= 0.6 is 0 Å². The third kappa shape index (κ3) is 1.20. The first kappa shape index (κ1) is 9.37. The summed E-state index contributed by atoms with van der Waals surface area (Å²) in [6.07, 6.45) is -1.48. The molecule has 1 aliphatic rings. The summed E-state index contributed by atoms with van der Waals surface area (Å²) in [7, 11) is 2.53. The maximum absolute atomic E-state index is 11.2. The quantitative estimate of drug-likeness (QED) is 0.366. The topological polar surface area (TPSA) is 97.2 Å². The number of aliphatic hydroxyl groups excluding tert-OH is 1. The van der Waals surface area contributed by atoms with Gasteiger partial charge in [-0.3, -0.25) is 14.6 Å². The number of imide groups is 1. The molecule has 0 aromatic heterocycles. The third-order valence-corrected chi connectivity index (χ3v) is 1.83. The van der Waals surface area contributed by atoms with Crippen molar-refractivity contribution in [1.29, 1.82) is 0 Å². The highest BCUT2D eigenvalue weighted by atomic mass is 16.3. The largest absolute Gasteiger partial charge is 0.405 e. The molecule has 0 bridgehead atoms. The highest BCUT2D eigenvalue weighted by Crippen LogP contribution is 2.08. The fourth-order valence-electron chi connectivity index (χ4n) is 0.988. The summed E-state index contributed by atoms with van der Waals surface area (Å²) in [5.74, 6) is -0.807. The molecule has 0 saturated carbocycles. The van der Waals surface area contributed by atoms with E-state index in [1.807, 2.05) is 0 Å². The molecule has 0 radical (unpaired) electrons. The molecule has 1 aliphatic heterocycles. The molecular weight excluding hydrogens is 176 g/mol. The molecule has 1 heterocycles. The van der Waals surface area contributed by atoms with Gasteiger partial charge in [0.05, 0.1) is 0 Å². The maximum atomic E-state index is 11.2. The van der Waals surface area contributed by atoms with Crippen molar-refractivity contribution < 1.29 is 19.5 Å². The van der Waals surface area contributed by atoms with E-state index in [0.717, 1.165) is 9.80 Å². The van der Waals surface area contributed by atoms with Crippen molar-refractivity contribution >= 4 is 17.6 Å². The zero-order valence-electron chi connectivity index (χ0n) is 7.13. The second-order valence-electron chi connectivity index (χ2n) is 2.62. The van der Waals surface area contributed by atoms with Gasteiger partial charge in [-0.2, -0.15) is 4.79 Å². The van der Waals surface area contributed by atoms with Crippen molar-refractivity contribution in [1.82, 2.24) is 9.80 Å². The van der Waals surface area contributed by atoms with Gasteiger partial charge in [-0.1, -0.05) is 0 Å². The molecule has 1 rings (SSSR count). The standard InChI is InChI=1S/C6H8N4O3/c1-9-4(11)3(8-7)5(12)10(2)6(9)13/h4,11H,1-2H3. The van der Waals surface area contributed by atoms with Gasteiger partial charge >= 0.3 is 17.6 Å². The smallest absolute Gasteiger partial charge is 0.363 e. The van der Waals surface area contributed by atoms with E-state index in [0.29, 0.717) is 0 Å². The van der Waals surface area contributed by atoms with Crippen molar-refractivity contribution in [2.75, 3.05) is 14.1 Å². The Hall–Kier alpha value is -1.72. The number of aliphatic hydroxyl groups is 1. The van der Waals surface area contributed by atoms with Gasteiger partial charge in [-0.05, 0) is 0 Å². The molecule has 0 aromatic carbocycles. The third-order valence-electron chi connectivity index (χ3n) is 1.83. The number of carbonyl (C=O) groups excluding carboxylic acids is 2. The maximum Gasteiger partial charge on any atom is 0.405 e. The SMILES string of the molecule is CN1C(=O)C(=[N+]=[N-])C(O)N(C)C1=O. The molecule has 0 spiro atoms. The predicted molar refractivity (Wildman–Crippen MR) is 40.6 cm³/mol. The van der Waals surface area contributed by atoms with Crippen molar-refractivity contribution in [2.45, 2.75) is 6.23 Å². The number of hydrogen-bond acceptors (Lipinski definition) is 3. The summed E-state index contributed by atoms with van der Waals surface area (Å²) in [5, 5.41) is 9.26. The first-order valence-electron chi connectivity index (χ1n) is 3.45. The summed E-state index contributed by atoms with van der Waals surface area (Å²) in [6, 6.07) is -0.648. The lowest BCUT2D eigenvalue weighted by Crippen LogP contribution is -2.60. The van der Waals surface area contributed by atoms with Gasteiger partial charge in [-0.15, -0.1) is 0 Å². The molecule has 1 N–H and O–H groups in total. The Labute approximate surface area is 73.8 Å². The van der Waals surface area contributed by atoms with Gasteiger partial charge in [0.15, 0.2) is 0 Å². The van der Waals surface area contributed by atoms with Crippen LogP contribution in [0, 0.1) is 0 Å². The van der Waals surface area contributed by atoms with Gasteiger partial charge in [0, 0.05) is 14.1 Å². The van der Waals surface area contributed by atoms with Crippen LogP contribution in [0.4, 0.5) is 4.79 Å². The van der Waals surface area contributed by atoms with E-state index in [-0.39, 0.29) is 0 Å². The van der Waals surface area contributed by atoms with Crippen LogP contribution < -0.4 is 0 Å². The molecule has 7 nitrogen and oxygen atoms in total. The Morgan fingerprint density at radius 1 is 1.46 bits per heavy atom. The molecule has 0 aromatic rings. The molecule has 1 atom stereocenters. The van der Waals surface area contributed by atoms with Gasteiger partial charge in [0.2, 0.25) is 6.23 Å². The summed E-state index contributed by atoms with van der Waals surface area (Å²) >= 11 is 0. The van der Waals surface area contributed by atoms with Crippen LogP contribution in [0.1, 0.15) is 0 Å². The van der Waals surface area contributed by atoms with E-state index in [4.69, 9.17) is 5.53 Å². The van der Waals surface area contributed by atoms with Crippen LogP contribution in [0.15, 0.2) is 0 Å². The van der Waals surface area contributed by atoms with E-state index < -0.39 is 23.9 Å². The molecule has 3 amide bonds. The predicted octanol–water partition coefficient (Wildman–Crippen LogP) is -1.50. The first-order valence-corrected chi connectivity index (χ1v) is 3.45. The minimum absolute atomic E-state index is 0.468. The number of amides is 3. The van der Waals surface area contributed by atoms with E-state index >= 15 is 0 Å². The molecule has 13 heavy (non-hydrogen) atoms. The Kier molecular flexibility index (Phi) is 2.14. The molecule has 1 fully saturated rings. The molecule has 1 saturated heterocycles. The highest BCUT2D eigenvalue weighted by Gasteiger charge is 2.45. The van der Waals surface area contributed by atoms with E-state index in [1.54, 1.807) is 0 Å². The summed E-state index contributed by atoms with van der Waals surface area (Å²) in [6.45, 7) is 0. The van der Waals surface area contributed by atoms with Crippen LogP contribution in [0.2, 0.25) is 0 Å². The summed E-state index contributed by atoms with van der Waals surface area (Å²) in [4.78, 5) is 26.6. The average Bonchev–Trinajstić information content (AvgIpc) is 2.13. The molecular formula is C6H8N4O3. The zero-order valence-corrected chi connectivity index (χ0v) is 7.13. The molecule has 70 valence electrons. The summed E-state index contributed by atoms with van der Waals surface area (Å²) in [5.41, 5.74) is 7.93. The number of rotatable bonds is 0. The number of carbonyl (C=O) groups is 2. The second-order valence-corrected chi connectivity index (χ2v) is 2.62.